The van der Waals surface area contributed by atoms with Crippen molar-refractivity contribution >= 4 is 18.0 Å². The molecule has 0 aliphatic carbocycles. The number of imide groups is 1. The molecule has 0 N–H and O–H groups in total. The minimum atomic E-state index is -1.89. The molecule has 0 aromatic carbocycles. The van der Waals surface area contributed by atoms with E-state index in [0.717, 1.165) is 7.11 Å². The monoisotopic (exact) mass is 261 g/mol. The first-order valence-corrected chi connectivity index (χ1v) is 5.45. The second-order valence-corrected chi connectivity index (χ2v) is 4.93. The number of methoxy groups -OCH3 is 1. The Hall–Kier alpha value is -1.66. The Balaban J connectivity index is 2.91. The molecule has 6 nitrogen and oxygen atoms in total. The van der Waals surface area contributed by atoms with E-state index in [0.29, 0.717) is 4.90 Å². The highest BCUT2D eigenvalue weighted by Crippen LogP contribution is 2.25. The third-order valence-corrected chi connectivity index (χ3v) is 2.31. The molecule has 1 fully saturated rings. The predicted molar refractivity (Wildman–Crippen MR) is 58.4 cm³/mol. The first-order valence-electron chi connectivity index (χ1n) is 5.45. The highest BCUT2D eigenvalue weighted by molar-refractivity contribution is 6.01. The van der Waals surface area contributed by atoms with E-state index in [1.54, 1.807) is 20.8 Å². The molecule has 2 atom stereocenters. The lowest BCUT2D eigenvalue weighted by Crippen LogP contribution is -2.46. The third-order valence-electron chi connectivity index (χ3n) is 2.31. The molecule has 7 heteroatoms. The molecule has 0 spiro atoms. The zero-order chi connectivity index (χ0) is 14.1. The normalized spacial score (nSPS) is 24.1. The molecular formula is C11H16FNO5. The van der Waals surface area contributed by atoms with Crippen molar-refractivity contribution in [2.75, 3.05) is 7.11 Å². The fraction of sp³-hybridized carbons (Fsp3) is 0.727. The molecule has 1 heterocycles. The molecule has 0 unspecified atom stereocenters. The molecule has 0 bridgehead atoms. The van der Waals surface area contributed by atoms with Gasteiger partial charge in [-0.3, -0.25) is 4.79 Å². The maximum Gasteiger partial charge on any atom is 0.417 e. The average molecular weight is 261 g/mol. The van der Waals surface area contributed by atoms with Crippen LogP contribution in [0.5, 0.6) is 0 Å². The van der Waals surface area contributed by atoms with Crippen LogP contribution in [0.3, 0.4) is 0 Å². The van der Waals surface area contributed by atoms with Crippen molar-refractivity contribution in [1.29, 1.82) is 0 Å². The Kier molecular flexibility index (Phi) is 3.93. The molecular weight excluding hydrogens is 245 g/mol. The summed E-state index contributed by atoms with van der Waals surface area (Å²) in [5, 5.41) is 0. The van der Waals surface area contributed by atoms with Crippen molar-refractivity contribution in [3.8, 4) is 0 Å². The quantitative estimate of drug-likeness (QED) is 0.659. The van der Waals surface area contributed by atoms with E-state index in [-0.39, 0.29) is 0 Å². The van der Waals surface area contributed by atoms with E-state index in [9.17, 15) is 18.8 Å². The summed E-state index contributed by atoms with van der Waals surface area (Å²) in [5.41, 5.74) is -0.841. The van der Waals surface area contributed by atoms with Gasteiger partial charge in [-0.15, -0.1) is 0 Å². The number of halogens is 1. The van der Waals surface area contributed by atoms with Crippen LogP contribution in [-0.4, -0.2) is 47.8 Å². The van der Waals surface area contributed by atoms with Crippen LogP contribution in [-0.2, 0) is 19.1 Å². The van der Waals surface area contributed by atoms with Gasteiger partial charge in [0.05, 0.1) is 7.11 Å². The lowest BCUT2D eigenvalue weighted by Gasteiger charge is -2.25. The van der Waals surface area contributed by atoms with E-state index >= 15 is 0 Å². The van der Waals surface area contributed by atoms with Crippen LogP contribution < -0.4 is 0 Å². The van der Waals surface area contributed by atoms with Gasteiger partial charge >= 0.3 is 12.1 Å². The number of hydrogen-bond donors (Lipinski definition) is 0. The zero-order valence-electron chi connectivity index (χ0n) is 10.7. The SMILES string of the molecule is COC(=O)[C@@H]1C[C@H](F)C(=O)N1C(=O)OC(C)(C)C. The first-order chi connectivity index (χ1) is 8.17. The number of likely N-dealkylation sites (tertiary alicyclic amines) is 1. The van der Waals surface area contributed by atoms with Gasteiger partial charge in [0.2, 0.25) is 0 Å². The number of alkyl halides is 1. The maximum atomic E-state index is 13.3. The molecule has 0 saturated carbocycles. The largest absolute Gasteiger partial charge is 0.467 e. The molecule has 0 aromatic heterocycles. The summed E-state index contributed by atoms with van der Waals surface area (Å²) >= 11 is 0. The molecule has 102 valence electrons. The summed E-state index contributed by atoms with van der Waals surface area (Å²) in [6.07, 6.45) is -3.32. The van der Waals surface area contributed by atoms with Crippen molar-refractivity contribution in [3.05, 3.63) is 0 Å². The van der Waals surface area contributed by atoms with Crippen molar-refractivity contribution in [2.24, 2.45) is 0 Å². The number of esters is 1. The van der Waals surface area contributed by atoms with E-state index in [2.05, 4.69) is 4.74 Å². The van der Waals surface area contributed by atoms with Gasteiger partial charge in [-0.05, 0) is 20.8 Å². The fourth-order valence-corrected chi connectivity index (χ4v) is 1.57. The molecule has 1 saturated heterocycles. The van der Waals surface area contributed by atoms with Crippen molar-refractivity contribution in [2.45, 2.75) is 45.0 Å². The zero-order valence-corrected chi connectivity index (χ0v) is 10.7. The predicted octanol–water partition coefficient (Wildman–Crippen LogP) is 1.03. The van der Waals surface area contributed by atoms with Crippen LogP contribution >= 0.6 is 0 Å². The molecule has 18 heavy (non-hydrogen) atoms. The van der Waals surface area contributed by atoms with Gasteiger partial charge in [0.1, 0.15) is 11.6 Å². The summed E-state index contributed by atoms with van der Waals surface area (Å²) in [4.78, 5) is 35.1. The topological polar surface area (TPSA) is 72.9 Å². The van der Waals surface area contributed by atoms with Gasteiger partial charge < -0.3 is 9.47 Å². The number of nitrogens with zero attached hydrogens (tertiary/aromatic N) is 1. The number of amides is 2. The highest BCUT2D eigenvalue weighted by Gasteiger charge is 2.49. The molecule has 2 amide bonds. The van der Waals surface area contributed by atoms with Crippen LogP contribution in [0.2, 0.25) is 0 Å². The second-order valence-electron chi connectivity index (χ2n) is 4.93. The maximum absolute atomic E-state index is 13.3. The second kappa shape index (κ2) is 4.91. The van der Waals surface area contributed by atoms with Crippen molar-refractivity contribution in [3.63, 3.8) is 0 Å². The number of carbonyl (C=O) groups is 3. The van der Waals surface area contributed by atoms with Crippen LogP contribution in [0, 0.1) is 0 Å². The molecule has 0 aromatic rings. The van der Waals surface area contributed by atoms with E-state index in [1.807, 2.05) is 0 Å². The molecule has 0 radical (unpaired) electrons. The summed E-state index contributed by atoms with van der Waals surface area (Å²) in [5.74, 6) is -1.91. The van der Waals surface area contributed by atoms with Crippen LogP contribution in [0.15, 0.2) is 0 Å². The Labute approximate surface area is 104 Å². The molecule has 1 aliphatic rings. The fourth-order valence-electron chi connectivity index (χ4n) is 1.57. The van der Waals surface area contributed by atoms with E-state index in [4.69, 9.17) is 4.74 Å². The smallest absolute Gasteiger partial charge is 0.417 e. The number of ether oxygens (including phenoxy) is 2. The van der Waals surface area contributed by atoms with Crippen molar-refractivity contribution in [1.82, 2.24) is 4.90 Å². The Morgan fingerprint density at radius 2 is 1.94 bits per heavy atom. The Morgan fingerprint density at radius 1 is 1.39 bits per heavy atom. The minimum Gasteiger partial charge on any atom is -0.467 e. The van der Waals surface area contributed by atoms with E-state index < -0.39 is 42.2 Å². The van der Waals surface area contributed by atoms with Gasteiger partial charge in [0.15, 0.2) is 6.17 Å². The average Bonchev–Trinajstić information content (AvgIpc) is 2.52. The number of carbonyl (C=O) groups excluding carboxylic acids is 3. The molecule has 1 rings (SSSR count). The van der Waals surface area contributed by atoms with Gasteiger partial charge in [0.25, 0.3) is 5.91 Å². The summed E-state index contributed by atoms with van der Waals surface area (Å²) < 4.78 is 22.7. The van der Waals surface area contributed by atoms with E-state index in [1.165, 1.54) is 0 Å². The minimum absolute atomic E-state index is 0.398. The third kappa shape index (κ3) is 2.96. The number of rotatable bonds is 1. The van der Waals surface area contributed by atoms with Gasteiger partial charge in [-0.2, -0.15) is 0 Å². The Morgan fingerprint density at radius 3 is 2.39 bits per heavy atom. The van der Waals surface area contributed by atoms with Crippen LogP contribution in [0.4, 0.5) is 9.18 Å². The van der Waals surface area contributed by atoms with Crippen LogP contribution in [0.25, 0.3) is 0 Å². The lowest BCUT2D eigenvalue weighted by atomic mass is 10.2. The molecule has 1 aliphatic heterocycles. The van der Waals surface area contributed by atoms with Gasteiger partial charge in [0, 0.05) is 6.42 Å². The van der Waals surface area contributed by atoms with Crippen molar-refractivity contribution < 1.29 is 28.2 Å². The summed E-state index contributed by atoms with van der Waals surface area (Å²) in [6.45, 7) is 4.81. The highest BCUT2D eigenvalue weighted by atomic mass is 19.1. The number of hydrogen-bond acceptors (Lipinski definition) is 5. The van der Waals surface area contributed by atoms with Gasteiger partial charge in [-0.1, -0.05) is 0 Å². The van der Waals surface area contributed by atoms with Gasteiger partial charge in [-0.25, -0.2) is 18.9 Å². The summed E-state index contributed by atoms with van der Waals surface area (Å²) in [6, 6.07) is -1.26. The lowest BCUT2D eigenvalue weighted by molar-refractivity contribution is -0.148. The Bertz CT molecular complexity index is 376. The van der Waals surface area contributed by atoms with Crippen LogP contribution in [0.1, 0.15) is 27.2 Å². The summed E-state index contributed by atoms with van der Waals surface area (Å²) in [7, 11) is 1.10. The first kappa shape index (κ1) is 14.4. The standard InChI is InChI=1S/C11H16FNO5/c1-11(2,3)18-10(16)13-7(9(15)17-4)5-6(12)8(13)14/h6-7H,5H2,1-4H3/t6-,7-/m0/s1.